The van der Waals surface area contributed by atoms with Crippen molar-refractivity contribution in [2.24, 2.45) is 10.3 Å². The first-order valence-corrected chi connectivity index (χ1v) is 11.7. The van der Waals surface area contributed by atoms with Crippen LogP contribution in [0, 0.1) is 19.3 Å². The third-order valence-corrected chi connectivity index (χ3v) is 6.76. The Hall–Kier alpha value is -3.66. The molecule has 35 heavy (non-hydrogen) atoms. The molecule has 10 nitrogen and oxygen atoms in total. The Morgan fingerprint density at radius 1 is 1.26 bits per heavy atom. The number of esters is 1. The molecule has 1 aromatic heterocycles. The van der Waals surface area contributed by atoms with Crippen molar-refractivity contribution in [3.63, 3.8) is 0 Å². The van der Waals surface area contributed by atoms with Gasteiger partial charge >= 0.3 is 5.97 Å². The Labute approximate surface area is 205 Å². The molecule has 4 rings (SSSR count). The van der Waals surface area contributed by atoms with Gasteiger partial charge < -0.3 is 9.64 Å². The van der Waals surface area contributed by atoms with Crippen molar-refractivity contribution in [1.29, 1.82) is 5.41 Å². The smallest absolute Gasteiger partial charge is 0.338 e. The Bertz CT molecular complexity index is 1160. The van der Waals surface area contributed by atoms with Crippen molar-refractivity contribution in [3.8, 4) is 0 Å². The molecule has 1 aromatic carbocycles. The standard InChI is InChI=1S/C25H31N7O3/c1-17-12-20(32(16-26)29-27-3)14-28-23(17)13-24(33)31-10-8-30(9-11-31)7-6-19-4-5-21-22(18(19)2)15-35-25(21)34/h4-5,12,14,16,26H,6-11,13,15H2,1-3H3. The van der Waals surface area contributed by atoms with E-state index < -0.39 is 0 Å². The van der Waals surface area contributed by atoms with Crippen molar-refractivity contribution in [2.75, 3.05) is 44.8 Å². The minimum absolute atomic E-state index is 0.0734. The summed E-state index contributed by atoms with van der Waals surface area (Å²) in [5, 5.41) is 16.3. The van der Waals surface area contributed by atoms with Crippen LogP contribution in [0.25, 0.3) is 0 Å². The predicted molar refractivity (Wildman–Crippen MR) is 132 cm³/mol. The average Bonchev–Trinajstić information content (AvgIpc) is 3.25. The fourth-order valence-corrected chi connectivity index (χ4v) is 4.57. The Balaban J connectivity index is 1.28. The fraction of sp³-hybridized carbons (Fsp3) is 0.440. The van der Waals surface area contributed by atoms with E-state index in [1.54, 1.807) is 6.20 Å². The Morgan fingerprint density at radius 3 is 2.71 bits per heavy atom. The SMILES string of the molecule is CN=NN(C=N)c1cnc(CC(=O)N2CCN(CCc3ccc4c(c3C)COC4=O)CC2)c(C)c1. The minimum atomic E-state index is -0.229. The zero-order valence-corrected chi connectivity index (χ0v) is 20.5. The molecule has 0 atom stereocenters. The number of hydrogen-bond donors (Lipinski definition) is 1. The van der Waals surface area contributed by atoms with Gasteiger partial charge in [0, 0.05) is 38.3 Å². The number of amides is 1. The maximum Gasteiger partial charge on any atom is 0.338 e. The van der Waals surface area contributed by atoms with Gasteiger partial charge in [0.1, 0.15) is 12.9 Å². The number of rotatable bonds is 8. The van der Waals surface area contributed by atoms with Gasteiger partial charge in [0.2, 0.25) is 5.91 Å². The summed E-state index contributed by atoms with van der Waals surface area (Å²) < 4.78 is 5.16. The van der Waals surface area contributed by atoms with E-state index in [1.165, 1.54) is 17.6 Å². The molecule has 1 fully saturated rings. The molecule has 0 bridgehead atoms. The van der Waals surface area contributed by atoms with E-state index in [1.807, 2.05) is 30.0 Å². The molecule has 0 unspecified atom stereocenters. The summed E-state index contributed by atoms with van der Waals surface area (Å²) in [5.41, 5.74) is 6.34. The number of benzene rings is 1. The molecule has 2 aromatic rings. The van der Waals surface area contributed by atoms with Gasteiger partial charge in [-0.3, -0.25) is 20.1 Å². The first-order valence-electron chi connectivity index (χ1n) is 11.7. The zero-order valence-electron chi connectivity index (χ0n) is 20.5. The van der Waals surface area contributed by atoms with Crippen LogP contribution in [-0.2, 0) is 29.0 Å². The molecule has 10 heteroatoms. The van der Waals surface area contributed by atoms with E-state index in [0.29, 0.717) is 30.9 Å². The molecule has 2 aliphatic rings. The number of carbonyl (C=O) groups is 2. The summed E-state index contributed by atoms with van der Waals surface area (Å²) in [6.45, 7) is 8.31. The van der Waals surface area contributed by atoms with Crippen molar-refractivity contribution in [3.05, 3.63) is 57.9 Å². The van der Waals surface area contributed by atoms with Gasteiger partial charge in [-0.05, 0) is 49.1 Å². The molecule has 0 radical (unpaired) electrons. The second-order valence-corrected chi connectivity index (χ2v) is 8.82. The summed E-state index contributed by atoms with van der Waals surface area (Å²) in [5.74, 6) is -0.155. The average molecular weight is 478 g/mol. The molecule has 1 N–H and O–H groups in total. The van der Waals surface area contributed by atoms with Gasteiger partial charge in [-0.25, -0.2) is 9.80 Å². The van der Waals surface area contributed by atoms with Crippen molar-refractivity contribution in [1.82, 2.24) is 14.8 Å². The van der Waals surface area contributed by atoms with Crippen LogP contribution in [-0.4, -0.2) is 72.8 Å². The van der Waals surface area contributed by atoms with E-state index in [0.717, 1.165) is 54.8 Å². The number of aromatic nitrogens is 1. The molecule has 1 amide bonds. The predicted octanol–water partition coefficient (Wildman–Crippen LogP) is 2.71. The quantitative estimate of drug-likeness (QED) is 0.206. The van der Waals surface area contributed by atoms with Crippen molar-refractivity contribution >= 4 is 23.9 Å². The number of pyridine rings is 1. The fourth-order valence-electron chi connectivity index (χ4n) is 4.57. The molecule has 0 spiro atoms. The zero-order chi connectivity index (χ0) is 24.9. The van der Waals surface area contributed by atoms with E-state index in [2.05, 4.69) is 27.1 Å². The second-order valence-electron chi connectivity index (χ2n) is 8.82. The van der Waals surface area contributed by atoms with E-state index in [4.69, 9.17) is 10.1 Å². The molecule has 1 saturated heterocycles. The first-order chi connectivity index (χ1) is 16.9. The number of nitrogens with zero attached hydrogens (tertiary/aromatic N) is 6. The molecular weight excluding hydrogens is 446 g/mol. The number of carbonyl (C=O) groups excluding carboxylic acids is 2. The van der Waals surface area contributed by atoms with Gasteiger partial charge in [0.05, 0.1) is 36.6 Å². The summed E-state index contributed by atoms with van der Waals surface area (Å²) >= 11 is 0. The lowest BCUT2D eigenvalue weighted by atomic mass is 9.96. The maximum atomic E-state index is 12.9. The van der Waals surface area contributed by atoms with Gasteiger partial charge in [0.25, 0.3) is 0 Å². The lowest BCUT2D eigenvalue weighted by molar-refractivity contribution is -0.132. The molecule has 0 saturated carbocycles. The molecule has 0 aliphatic carbocycles. The largest absolute Gasteiger partial charge is 0.457 e. The molecule has 2 aliphatic heterocycles. The third-order valence-electron chi connectivity index (χ3n) is 6.76. The van der Waals surface area contributed by atoms with Gasteiger partial charge in [-0.15, -0.1) is 0 Å². The topological polar surface area (TPSA) is 115 Å². The number of aryl methyl sites for hydroxylation is 1. The minimum Gasteiger partial charge on any atom is -0.457 e. The van der Waals surface area contributed by atoms with E-state index >= 15 is 0 Å². The highest BCUT2D eigenvalue weighted by Crippen LogP contribution is 2.26. The van der Waals surface area contributed by atoms with E-state index in [-0.39, 0.29) is 18.3 Å². The number of fused-ring (bicyclic) bond motifs is 1. The number of nitrogens with one attached hydrogen (secondary N) is 1. The number of cyclic esters (lactones) is 1. The maximum absolute atomic E-state index is 12.9. The van der Waals surface area contributed by atoms with Crippen LogP contribution in [0.5, 0.6) is 0 Å². The molecule has 184 valence electrons. The number of piperazine rings is 1. The number of ether oxygens (including phenoxy) is 1. The van der Waals surface area contributed by atoms with Crippen LogP contribution in [0.3, 0.4) is 0 Å². The molecule has 3 heterocycles. The second kappa shape index (κ2) is 10.7. The highest BCUT2D eigenvalue weighted by molar-refractivity contribution is 5.93. The summed E-state index contributed by atoms with van der Waals surface area (Å²) in [6, 6.07) is 5.77. The third kappa shape index (κ3) is 5.37. The lowest BCUT2D eigenvalue weighted by Gasteiger charge is -2.35. The van der Waals surface area contributed by atoms with Crippen LogP contribution < -0.4 is 5.01 Å². The van der Waals surface area contributed by atoms with Gasteiger partial charge in [-0.2, -0.15) is 5.11 Å². The highest BCUT2D eigenvalue weighted by Gasteiger charge is 2.25. The van der Waals surface area contributed by atoms with Crippen molar-refractivity contribution < 1.29 is 14.3 Å². The normalized spacial score (nSPS) is 15.9. The first kappa shape index (κ1) is 24.5. The van der Waals surface area contributed by atoms with Crippen LogP contribution >= 0.6 is 0 Å². The summed E-state index contributed by atoms with van der Waals surface area (Å²) in [7, 11) is 1.54. The number of anilines is 1. The monoisotopic (exact) mass is 477 g/mol. The van der Waals surface area contributed by atoms with Gasteiger partial charge in [-0.1, -0.05) is 11.3 Å². The van der Waals surface area contributed by atoms with Crippen LogP contribution in [0.2, 0.25) is 0 Å². The highest BCUT2D eigenvalue weighted by atomic mass is 16.5. The van der Waals surface area contributed by atoms with Gasteiger partial charge in [0.15, 0.2) is 0 Å². The van der Waals surface area contributed by atoms with Crippen LogP contribution in [0.4, 0.5) is 5.69 Å². The van der Waals surface area contributed by atoms with Crippen molar-refractivity contribution in [2.45, 2.75) is 33.3 Å². The Kier molecular flexibility index (Phi) is 7.50. The molecular formula is C25H31N7O3. The number of hydrogen-bond acceptors (Lipinski definition) is 8. The summed E-state index contributed by atoms with van der Waals surface area (Å²) in [6.07, 6.45) is 3.83. The summed E-state index contributed by atoms with van der Waals surface area (Å²) in [4.78, 5) is 33.4. The Morgan fingerprint density at radius 2 is 2.03 bits per heavy atom. The lowest BCUT2D eigenvalue weighted by Crippen LogP contribution is -2.49. The van der Waals surface area contributed by atoms with Crippen LogP contribution in [0.1, 0.15) is 38.3 Å². The van der Waals surface area contributed by atoms with E-state index in [9.17, 15) is 9.59 Å². The van der Waals surface area contributed by atoms with Crippen LogP contribution in [0.15, 0.2) is 34.7 Å².